The third kappa shape index (κ3) is 3.56. The van der Waals surface area contributed by atoms with Crippen LogP contribution in [0.2, 0.25) is 0 Å². The number of imidazole rings is 1. The smallest absolute Gasteiger partial charge is 0.122 e. The van der Waals surface area contributed by atoms with Gasteiger partial charge in [0.2, 0.25) is 0 Å². The van der Waals surface area contributed by atoms with Gasteiger partial charge in [0.15, 0.2) is 0 Å². The maximum Gasteiger partial charge on any atom is 0.122 e. The molecule has 0 radical (unpaired) electrons. The Labute approximate surface area is 110 Å². The molecule has 1 fully saturated rings. The standard InChI is InChI=1S/C14H26N4/c1-3-15-10-13-6-5-8-17(11-13)12-14-16-7-9-18(14)4-2/h7,9,13,15H,3-6,8,10-12H2,1-2H3. The highest BCUT2D eigenvalue weighted by Gasteiger charge is 2.20. The molecule has 2 heterocycles. The Morgan fingerprint density at radius 2 is 2.33 bits per heavy atom. The summed E-state index contributed by atoms with van der Waals surface area (Å²) in [6.07, 6.45) is 6.68. The summed E-state index contributed by atoms with van der Waals surface area (Å²) in [5.41, 5.74) is 0. The highest BCUT2D eigenvalue weighted by atomic mass is 15.2. The Morgan fingerprint density at radius 1 is 1.44 bits per heavy atom. The maximum absolute atomic E-state index is 4.47. The van der Waals surface area contributed by atoms with Crippen molar-refractivity contribution in [1.29, 1.82) is 0 Å². The third-order valence-corrected chi connectivity index (χ3v) is 3.79. The molecule has 4 nitrogen and oxygen atoms in total. The molecule has 1 saturated heterocycles. The Balaban J connectivity index is 1.85. The molecule has 1 aromatic heterocycles. The second-order valence-electron chi connectivity index (χ2n) is 5.18. The van der Waals surface area contributed by atoms with E-state index in [0.29, 0.717) is 0 Å². The fraction of sp³-hybridized carbons (Fsp3) is 0.786. The number of aromatic nitrogens is 2. The van der Waals surface area contributed by atoms with Crippen molar-refractivity contribution in [2.24, 2.45) is 5.92 Å². The highest BCUT2D eigenvalue weighted by Crippen LogP contribution is 2.17. The zero-order valence-corrected chi connectivity index (χ0v) is 11.7. The van der Waals surface area contributed by atoms with E-state index in [1.165, 1.54) is 31.8 Å². The number of piperidine rings is 1. The van der Waals surface area contributed by atoms with Gasteiger partial charge in [-0.25, -0.2) is 4.98 Å². The van der Waals surface area contributed by atoms with Crippen LogP contribution in [0.25, 0.3) is 0 Å². The van der Waals surface area contributed by atoms with Gasteiger partial charge in [0.05, 0.1) is 6.54 Å². The second kappa shape index (κ2) is 6.90. The van der Waals surface area contributed by atoms with Gasteiger partial charge >= 0.3 is 0 Å². The molecule has 0 aliphatic carbocycles. The van der Waals surface area contributed by atoms with E-state index < -0.39 is 0 Å². The average Bonchev–Trinajstić information content (AvgIpc) is 2.84. The van der Waals surface area contributed by atoms with Gasteiger partial charge in [-0.2, -0.15) is 0 Å². The van der Waals surface area contributed by atoms with E-state index >= 15 is 0 Å². The molecule has 1 aromatic rings. The minimum Gasteiger partial charge on any atom is -0.334 e. The zero-order valence-electron chi connectivity index (χ0n) is 11.7. The largest absolute Gasteiger partial charge is 0.334 e. The van der Waals surface area contributed by atoms with Crippen LogP contribution in [0.1, 0.15) is 32.5 Å². The summed E-state index contributed by atoms with van der Waals surface area (Å²) in [5, 5.41) is 3.47. The molecule has 18 heavy (non-hydrogen) atoms. The molecule has 2 rings (SSSR count). The summed E-state index contributed by atoms with van der Waals surface area (Å²) in [5.74, 6) is 2.02. The first-order valence-electron chi connectivity index (χ1n) is 7.26. The lowest BCUT2D eigenvalue weighted by Crippen LogP contribution is -2.39. The normalized spacial score (nSPS) is 21.3. The van der Waals surface area contributed by atoms with Crippen LogP contribution >= 0.6 is 0 Å². The van der Waals surface area contributed by atoms with Crippen molar-refractivity contribution in [3.63, 3.8) is 0 Å². The van der Waals surface area contributed by atoms with E-state index in [4.69, 9.17) is 0 Å². The van der Waals surface area contributed by atoms with Gasteiger partial charge in [-0.15, -0.1) is 0 Å². The van der Waals surface area contributed by atoms with E-state index in [2.05, 4.69) is 39.8 Å². The minimum absolute atomic E-state index is 0.809. The molecule has 1 aliphatic rings. The fourth-order valence-electron chi connectivity index (χ4n) is 2.79. The van der Waals surface area contributed by atoms with Gasteiger partial charge in [0.25, 0.3) is 0 Å². The SMILES string of the molecule is CCNCC1CCCN(Cc2nccn2CC)C1. The quantitative estimate of drug-likeness (QED) is 0.834. The van der Waals surface area contributed by atoms with Gasteiger partial charge < -0.3 is 9.88 Å². The van der Waals surface area contributed by atoms with Crippen LogP contribution in [0.5, 0.6) is 0 Å². The molecule has 0 spiro atoms. The van der Waals surface area contributed by atoms with Crippen LogP contribution in [0.4, 0.5) is 0 Å². The predicted molar refractivity (Wildman–Crippen MR) is 74.4 cm³/mol. The number of aryl methyl sites for hydroxylation is 1. The van der Waals surface area contributed by atoms with Crippen molar-refractivity contribution in [3.8, 4) is 0 Å². The van der Waals surface area contributed by atoms with Gasteiger partial charge in [-0.05, 0) is 45.3 Å². The molecule has 1 N–H and O–H groups in total. The van der Waals surface area contributed by atoms with Crippen molar-refractivity contribution in [3.05, 3.63) is 18.2 Å². The summed E-state index contributed by atoms with van der Waals surface area (Å²) in [6, 6.07) is 0. The first-order chi connectivity index (χ1) is 8.83. The lowest BCUT2D eigenvalue weighted by atomic mass is 9.98. The number of rotatable bonds is 6. The van der Waals surface area contributed by atoms with Gasteiger partial charge in [-0.1, -0.05) is 6.92 Å². The van der Waals surface area contributed by atoms with Crippen LogP contribution in [0.3, 0.4) is 0 Å². The molecule has 102 valence electrons. The van der Waals surface area contributed by atoms with Crippen molar-refractivity contribution >= 4 is 0 Å². The summed E-state index contributed by atoms with van der Waals surface area (Å²) < 4.78 is 2.24. The number of nitrogens with zero attached hydrogens (tertiary/aromatic N) is 3. The molecule has 1 aliphatic heterocycles. The number of hydrogen-bond donors (Lipinski definition) is 1. The second-order valence-corrected chi connectivity index (χ2v) is 5.18. The summed E-state index contributed by atoms with van der Waals surface area (Å²) in [6.45, 7) is 11.1. The van der Waals surface area contributed by atoms with Gasteiger partial charge in [-0.3, -0.25) is 4.90 Å². The van der Waals surface area contributed by atoms with Crippen LogP contribution in [-0.2, 0) is 13.1 Å². The van der Waals surface area contributed by atoms with Crippen molar-refractivity contribution in [2.75, 3.05) is 26.2 Å². The van der Waals surface area contributed by atoms with Crippen LogP contribution < -0.4 is 5.32 Å². The van der Waals surface area contributed by atoms with E-state index in [1.54, 1.807) is 0 Å². The lowest BCUT2D eigenvalue weighted by molar-refractivity contribution is 0.161. The van der Waals surface area contributed by atoms with E-state index in [9.17, 15) is 0 Å². The number of nitrogens with one attached hydrogen (secondary N) is 1. The van der Waals surface area contributed by atoms with Crippen LogP contribution in [0, 0.1) is 5.92 Å². The molecule has 1 atom stereocenters. The van der Waals surface area contributed by atoms with E-state index in [1.807, 2.05) is 6.20 Å². The first-order valence-corrected chi connectivity index (χ1v) is 7.26. The first kappa shape index (κ1) is 13.6. The van der Waals surface area contributed by atoms with E-state index in [-0.39, 0.29) is 0 Å². The van der Waals surface area contributed by atoms with Crippen LogP contribution in [0.15, 0.2) is 12.4 Å². The number of hydrogen-bond acceptors (Lipinski definition) is 3. The predicted octanol–water partition coefficient (Wildman–Crippen LogP) is 1.72. The molecule has 0 amide bonds. The Kier molecular flexibility index (Phi) is 5.20. The summed E-state index contributed by atoms with van der Waals surface area (Å²) in [4.78, 5) is 7.03. The zero-order chi connectivity index (χ0) is 12.8. The molecular formula is C14H26N4. The van der Waals surface area contributed by atoms with Crippen molar-refractivity contribution in [2.45, 2.75) is 39.8 Å². The van der Waals surface area contributed by atoms with Gasteiger partial charge in [0.1, 0.15) is 5.82 Å². The molecule has 0 saturated carbocycles. The maximum atomic E-state index is 4.47. The molecule has 0 aromatic carbocycles. The Bertz CT molecular complexity index is 347. The Hall–Kier alpha value is -0.870. The topological polar surface area (TPSA) is 33.1 Å². The van der Waals surface area contributed by atoms with Crippen molar-refractivity contribution in [1.82, 2.24) is 19.8 Å². The molecule has 1 unspecified atom stereocenters. The summed E-state index contributed by atoms with van der Waals surface area (Å²) in [7, 11) is 0. The lowest BCUT2D eigenvalue weighted by Gasteiger charge is -2.32. The average molecular weight is 250 g/mol. The van der Waals surface area contributed by atoms with Crippen LogP contribution in [-0.4, -0.2) is 40.6 Å². The molecular weight excluding hydrogens is 224 g/mol. The van der Waals surface area contributed by atoms with Gasteiger partial charge in [0, 0.05) is 25.5 Å². The molecule has 4 heteroatoms. The minimum atomic E-state index is 0.809. The monoisotopic (exact) mass is 250 g/mol. The Morgan fingerprint density at radius 3 is 3.11 bits per heavy atom. The van der Waals surface area contributed by atoms with E-state index in [0.717, 1.165) is 32.1 Å². The third-order valence-electron chi connectivity index (χ3n) is 3.79. The van der Waals surface area contributed by atoms with Crippen molar-refractivity contribution < 1.29 is 0 Å². The summed E-state index contributed by atoms with van der Waals surface area (Å²) >= 11 is 0. The fourth-order valence-corrected chi connectivity index (χ4v) is 2.79. The molecule has 0 bridgehead atoms. The highest BCUT2D eigenvalue weighted by molar-refractivity contribution is 4.93. The number of likely N-dealkylation sites (tertiary alicyclic amines) is 1.